The van der Waals surface area contributed by atoms with Gasteiger partial charge in [-0.2, -0.15) is 17.0 Å². The van der Waals surface area contributed by atoms with Gasteiger partial charge in [0.05, 0.1) is 0 Å². The van der Waals surface area contributed by atoms with Crippen LogP contribution in [0.3, 0.4) is 0 Å². The summed E-state index contributed by atoms with van der Waals surface area (Å²) >= 11 is 0. The topological polar surface area (TPSA) is 52.7 Å². The van der Waals surface area contributed by atoms with E-state index in [1.54, 1.807) is 8.61 Å². The van der Waals surface area contributed by atoms with E-state index in [4.69, 9.17) is 0 Å². The Bertz CT molecular complexity index is 335. The molecule has 5 nitrogen and oxygen atoms in total. The van der Waals surface area contributed by atoms with Crippen molar-refractivity contribution in [3.05, 3.63) is 0 Å². The molecule has 2 rings (SSSR count). The van der Waals surface area contributed by atoms with E-state index in [1.807, 2.05) is 6.92 Å². The Morgan fingerprint density at radius 3 is 2.39 bits per heavy atom. The van der Waals surface area contributed by atoms with Gasteiger partial charge in [-0.3, -0.25) is 0 Å². The van der Waals surface area contributed by atoms with Gasteiger partial charge in [-0.25, -0.2) is 0 Å². The van der Waals surface area contributed by atoms with E-state index in [-0.39, 0.29) is 18.4 Å². The van der Waals surface area contributed by atoms with E-state index in [1.165, 1.54) is 0 Å². The maximum Gasteiger partial charge on any atom is 0.282 e. The normalized spacial score (nSPS) is 31.9. The van der Waals surface area contributed by atoms with Crippen LogP contribution in [-0.2, 0) is 10.2 Å². The first-order valence-corrected chi connectivity index (χ1v) is 7.88. The quantitative estimate of drug-likeness (QED) is 0.815. The summed E-state index contributed by atoms with van der Waals surface area (Å²) < 4.78 is 28.2. The van der Waals surface area contributed by atoms with Crippen LogP contribution in [0.15, 0.2) is 0 Å². The molecule has 108 valence electrons. The Morgan fingerprint density at radius 1 is 1.11 bits per heavy atom. The van der Waals surface area contributed by atoms with Gasteiger partial charge < -0.3 is 5.32 Å². The third-order valence-electron chi connectivity index (χ3n) is 3.60. The number of rotatable bonds is 2. The number of halogens is 1. The van der Waals surface area contributed by atoms with Gasteiger partial charge in [0.1, 0.15) is 0 Å². The molecule has 2 aliphatic rings. The Morgan fingerprint density at radius 2 is 1.78 bits per heavy atom. The molecule has 2 fully saturated rings. The molecule has 0 aromatic heterocycles. The van der Waals surface area contributed by atoms with Crippen LogP contribution in [-0.4, -0.2) is 55.8 Å². The summed E-state index contributed by atoms with van der Waals surface area (Å²) in [6, 6.07) is 0.251. The van der Waals surface area contributed by atoms with Gasteiger partial charge in [0.2, 0.25) is 0 Å². The fraction of sp³-hybridized carbons (Fsp3) is 1.00. The third-order valence-corrected chi connectivity index (χ3v) is 5.57. The molecule has 0 saturated carbocycles. The second kappa shape index (κ2) is 6.52. The molecule has 7 heteroatoms. The lowest BCUT2D eigenvalue weighted by Crippen LogP contribution is -2.56. The van der Waals surface area contributed by atoms with Gasteiger partial charge in [-0.1, -0.05) is 6.92 Å². The molecule has 2 atom stereocenters. The molecule has 2 aliphatic heterocycles. The molecular weight excluding hydrogens is 274 g/mol. The van der Waals surface area contributed by atoms with Crippen molar-refractivity contribution in [2.24, 2.45) is 5.92 Å². The van der Waals surface area contributed by atoms with E-state index < -0.39 is 10.2 Å². The first-order chi connectivity index (χ1) is 8.00. The molecule has 1 N–H and O–H groups in total. The second-order valence-corrected chi connectivity index (χ2v) is 7.25. The molecular formula is C11H24ClN3O2S. The largest absolute Gasteiger partial charge is 0.312 e. The fourth-order valence-corrected chi connectivity index (χ4v) is 4.49. The predicted octanol–water partition coefficient (Wildman–Crippen LogP) is 0.679. The van der Waals surface area contributed by atoms with E-state index in [2.05, 4.69) is 12.2 Å². The van der Waals surface area contributed by atoms with Gasteiger partial charge in [-0.15, -0.1) is 12.4 Å². The predicted molar refractivity (Wildman–Crippen MR) is 75.2 cm³/mol. The first kappa shape index (κ1) is 16.2. The molecule has 2 saturated heterocycles. The van der Waals surface area contributed by atoms with Crippen LogP contribution >= 0.6 is 12.4 Å². The van der Waals surface area contributed by atoms with E-state index in [9.17, 15) is 8.42 Å². The molecule has 0 aromatic rings. The number of piperazine rings is 1. The summed E-state index contributed by atoms with van der Waals surface area (Å²) in [5, 5.41) is 3.27. The van der Waals surface area contributed by atoms with Gasteiger partial charge in [0.15, 0.2) is 0 Å². The van der Waals surface area contributed by atoms with Crippen LogP contribution in [0.4, 0.5) is 0 Å². The van der Waals surface area contributed by atoms with Gasteiger partial charge >= 0.3 is 0 Å². The van der Waals surface area contributed by atoms with Crippen molar-refractivity contribution >= 4 is 22.6 Å². The zero-order valence-corrected chi connectivity index (χ0v) is 12.8. The fourth-order valence-electron chi connectivity index (χ4n) is 2.63. The highest BCUT2D eigenvalue weighted by Crippen LogP contribution is 2.21. The smallest absolute Gasteiger partial charge is 0.282 e. The highest BCUT2D eigenvalue weighted by molar-refractivity contribution is 7.86. The van der Waals surface area contributed by atoms with Gasteiger partial charge in [-0.05, 0) is 25.7 Å². The highest BCUT2D eigenvalue weighted by Gasteiger charge is 2.34. The lowest BCUT2D eigenvalue weighted by atomic mass is 10.0. The minimum atomic E-state index is -3.22. The van der Waals surface area contributed by atoms with Crippen molar-refractivity contribution in [2.75, 3.05) is 32.7 Å². The number of hydrogen-bond donors (Lipinski definition) is 1. The maximum absolute atomic E-state index is 12.5. The van der Waals surface area contributed by atoms with Crippen molar-refractivity contribution in [1.29, 1.82) is 0 Å². The molecule has 0 aromatic carbocycles. The minimum absolute atomic E-state index is 0. The Balaban J connectivity index is 0.00000162. The monoisotopic (exact) mass is 297 g/mol. The summed E-state index contributed by atoms with van der Waals surface area (Å²) in [5.41, 5.74) is 0. The zero-order valence-electron chi connectivity index (χ0n) is 11.1. The molecule has 2 heterocycles. The van der Waals surface area contributed by atoms with Crippen LogP contribution in [0.1, 0.15) is 26.7 Å². The van der Waals surface area contributed by atoms with Gasteiger partial charge in [0.25, 0.3) is 10.2 Å². The van der Waals surface area contributed by atoms with Crippen LogP contribution in [0, 0.1) is 5.92 Å². The third kappa shape index (κ3) is 3.57. The number of nitrogens with zero attached hydrogens (tertiary/aromatic N) is 2. The maximum atomic E-state index is 12.5. The Hall–Kier alpha value is 0.120. The zero-order chi connectivity index (χ0) is 12.5. The van der Waals surface area contributed by atoms with Crippen molar-refractivity contribution in [2.45, 2.75) is 32.7 Å². The van der Waals surface area contributed by atoms with Crippen molar-refractivity contribution in [3.63, 3.8) is 0 Å². The Labute approximate surface area is 116 Å². The Kier molecular flexibility index (Phi) is 5.86. The summed E-state index contributed by atoms with van der Waals surface area (Å²) in [4.78, 5) is 0. The SMILES string of the molecule is CC1CCCN(S(=O)(=O)N2CCN[C@H](C)C2)C1.Cl. The number of piperidine rings is 1. The molecule has 0 amide bonds. The van der Waals surface area contributed by atoms with Gasteiger partial charge in [0, 0.05) is 38.8 Å². The standard InChI is InChI=1S/C11H23N3O2S.ClH/c1-10-4-3-6-13(8-10)17(15,16)14-7-5-12-11(2)9-14;/h10-12H,3-9H2,1-2H3;1H/t10?,11-;/m1./s1. The molecule has 0 bridgehead atoms. The lowest BCUT2D eigenvalue weighted by Gasteiger charge is -2.37. The molecule has 0 radical (unpaired) electrons. The van der Waals surface area contributed by atoms with Crippen molar-refractivity contribution in [1.82, 2.24) is 13.9 Å². The van der Waals surface area contributed by atoms with Crippen LogP contribution in [0.25, 0.3) is 0 Å². The molecule has 0 aliphatic carbocycles. The van der Waals surface area contributed by atoms with E-state index in [0.717, 1.165) is 19.4 Å². The second-order valence-electron chi connectivity index (χ2n) is 5.33. The summed E-state index contributed by atoms with van der Waals surface area (Å²) in [5.74, 6) is 0.485. The molecule has 1 unspecified atom stereocenters. The van der Waals surface area contributed by atoms with Crippen molar-refractivity contribution < 1.29 is 8.42 Å². The van der Waals surface area contributed by atoms with Crippen LogP contribution in [0.2, 0.25) is 0 Å². The van der Waals surface area contributed by atoms with Crippen LogP contribution < -0.4 is 5.32 Å². The summed E-state index contributed by atoms with van der Waals surface area (Å²) in [7, 11) is -3.22. The lowest BCUT2D eigenvalue weighted by molar-refractivity contribution is 0.240. The first-order valence-electron chi connectivity index (χ1n) is 6.49. The van der Waals surface area contributed by atoms with Crippen LogP contribution in [0.5, 0.6) is 0 Å². The summed E-state index contributed by atoms with van der Waals surface area (Å²) in [6.45, 7) is 7.46. The number of hydrogen-bond acceptors (Lipinski definition) is 3. The molecule has 0 spiro atoms. The average Bonchev–Trinajstić information content (AvgIpc) is 2.29. The van der Waals surface area contributed by atoms with Crippen molar-refractivity contribution in [3.8, 4) is 0 Å². The minimum Gasteiger partial charge on any atom is -0.312 e. The molecule has 18 heavy (non-hydrogen) atoms. The average molecular weight is 298 g/mol. The summed E-state index contributed by atoms with van der Waals surface area (Å²) in [6.07, 6.45) is 2.13. The van der Waals surface area contributed by atoms with E-state index in [0.29, 0.717) is 32.1 Å². The highest BCUT2D eigenvalue weighted by atomic mass is 35.5. The van der Waals surface area contributed by atoms with E-state index >= 15 is 0 Å². The number of nitrogens with one attached hydrogen (secondary N) is 1.